The average Bonchev–Trinajstić information content (AvgIpc) is 2.39. The Labute approximate surface area is 59.7 Å². The van der Waals surface area contributed by atoms with Crippen LogP contribution < -0.4 is 5.11 Å². The van der Waals surface area contributed by atoms with Crippen LogP contribution in [0.15, 0.2) is 0 Å². The molecule has 0 atom stereocenters. The SMILES string of the molecule is COCC1(C[O-])OCCO1. The minimum atomic E-state index is -0.991. The molecule has 1 rings (SSSR count). The summed E-state index contributed by atoms with van der Waals surface area (Å²) < 4.78 is 14.9. The molecule has 1 aliphatic rings. The second-order valence-electron chi connectivity index (χ2n) is 2.18. The van der Waals surface area contributed by atoms with Crippen molar-refractivity contribution >= 4 is 0 Å². The maximum Gasteiger partial charge on any atom is 0.176 e. The summed E-state index contributed by atoms with van der Waals surface area (Å²) in [6, 6.07) is 0. The zero-order valence-electron chi connectivity index (χ0n) is 5.96. The Morgan fingerprint density at radius 1 is 1.50 bits per heavy atom. The lowest BCUT2D eigenvalue weighted by atomic mass is 10.3. The van der Waals surface area contributed by atoms with Crippen LogP contribution in [0.5, 0.6) is 0 Å². The van der Waals surface area contributed by atoms with Crippen molar-refractivity contribution in [1.82, 2.24) is 0 Å². The quantitative estimate of drug-likeness (QED) is 0.499. The van der Waals surface area contributed by atoms with Gasteiger partial charge in [-0.1, -0.05) is 6.61 Å². The van der Waals surface area contributed by atoms with Gasteiger partial charge in [0.2, 0.25) is 0 Å². The highest BCUT2D eigenvalue weighted by atomic mass is 16.8. The standard InChI is InChI=1S/C6H11O4/c1-8-5-6(4-7)9-2-3-10-6/h2-5H2,1H3/q-1. The fourth-order valence-corrected chi connectivity index (χ4v) is 0.925. The van der Waals surface area contributed by atoms with Gasteiger partial charge in [-0.2, -0.15) is 0 Å². The first-order chi connectivity index (χ1) is 4.83. The largest absolute Gasteiger partial charge is 0.851 e. The second-order valence-corrected chi connectivity index (χ2v) is 2.18. The van der Waals surface area contributed by atoms with Gasteiger partial charge in [0.15, 0.2) is 5.79 Å². The lowest BCUT2D eigenvalue weighted by molar-refractivity contribution is -0.430. The minimum absolute atomic E-state index is 0.219. The van der Waals surface area contributed by atoms with E-state index in [1.54, 1.807) is 0 Å². The molecule has 0 saturated carbocycles. The molecule has 0 radical (unpaired) electrons. The van der Waals surface area contributed by atoms with Crippen LogP contribution in [-0.2, 0) is 14.2 Å². The van der Waals surface area contributed by atoms with Crippen molar-refractivity contribution in [3.63, 3.8) is 0 Å². The van der Waals surface area contributed by atoms with Crippen LogP contribution in [0.3, 0.4) is 0 Å². The third-order valence-corrected chi connectivity index (χ3v) is 1.40. The van der Waals surface area contributed by atoms with E-state index in [0.29, 0.717) is 13.2 Å². The molecular formula is C6H11O4-. The summed E-state index contributed by atoms with van der Waals surface area (Å²) in [5, 5.41) is 10.5. The van der Waals surface area contributed by atoms with Crippen molar-refractivity contribution in [1.29, 1.82) is 0 Å². The van der Waals surface area contributed by atoms with Gasteiger partial charge in [0, 0.05) is 7.11 Å². The van der Waals surface area contributed by atoms with E-state index in [-0.39, 0.29) is 6.61 Å². The maximum atomic E-state index is 10.5. The van der Waals surface area contributed by atoms with Crippen molar-refractivity contribution in [2.75, 3.05) is 33.5 Å². The van der Waals surface area contributed by atoms with E-state index in [1.165, 1.54) is 7.11 Å². The number of methoxy groups -OCH3 is 1. The fourth-order valence-electron chi connectivity index (χ4n) is 0.925. The van der Waals surface area contributed by atoms with Gasteiger partial charge in [-0.25, -0.2) is 0 Å². The lowest BCUT2D eigenvalue weighted by Gasteiger charge is -2.29. The smallest absolute Gasteiger partial charge is 0.176 e. The summed E-state index contributed by atoms with van der Waals surface area (Å²) in [5.41, 5.74) is 0. The molecule has 0 bridgehead atoms. The lowest BCUT2D eigenvalue weighted by Crippen LogP contribution is -2.44. The molecule has 10 heavy (non-hydrogen) atoms. The molecule has 0 aromatic rings. The van der Waals surface area contributed by atoms with Crippen LogP contribution in [0.25, 0.3) is 0 Å². The van der Waals surface area contributed by atoms with E-state index in [0.717, 1.165) is 0 Å². The summed E-state index contributed by atoms with van der Waals surface area (Å²) in [6.07, 6.45) is 0. The maximum absolute atomic E-state index is 10.5. The number of rotatable bonds is 3. The van der Waals surface area contributed by atoms with E-state index >= 15 is 0 Å². The number of ether oxygens (including phenoxy) is 3. The Morgan fingerprint density at radius 3 is 2.50 bits per heavy atom. The predicted octanol–water partition coefficient (Wildman–Crippen LogP) is -1.26. The third-order valence-electron chi connectivity index (χ3n) is 1.40. The van der Waals surface area contributed by atoms with Gasteiger partial charge in [0.05, 0.1) is 19.8 Å². The zero-order valence-corrected chi connectivity index (χ0v) is 5.96. The van der Waals surface area contributed by atoms with Crippen molar-refractivity contribution in [3.8, 4) is 0 Å². The highest BCUT2D eigenvalue weighted by molar-refractivity contribution is 4.71. The third kappa shape index (κ3) is 1.46. The highest BCUT2D eigenvalue weighted by Crippen LogP contribution is 2.17. The summed E-state index contributed by atoms with van der Waals surface area (Å²) in [4.78, 5) is 0. The van der Waals surface area contributed by atoms with Crippen LogP contribution in [0.1, 0.15) is 0 Å². The molecule has 60 valence electrons. The van der Waals surface area contributed by atoms with E-state index in [1.807, 2.05) is 0 Å². The Bertz CT molecular complexity index is 97.9. The van der Waals surface area contributed by atoms with E-state index < -0.39 is 12.4 Å². The van der Waals surface area contributed by atoms with E-state index in [4.69, 9.17) is 14.2 Å². The average molecular weight is 147 g/mol. The topological polar surface area (TPSA) is 50.8 Å². The molecule has 0 aliphatic carbocycles. The molecule has 1 aliphatic heterocycles. The van der Waals surface area contributed by atoms with Gasteiger partial charge in [-0.3, -0.25) is 0 Å². The first-order valence-electron chi connectivity index (χ1n) is 3.18. The minimum Gasteiger partial charge on any atom is -0.851 e. The molecule has 4 nitrogen and oxygen atoms in total. The normalized spacial score (nSPS) is 23.4. The summed E-state index contributed by atoms with van der Waals surface area (Å²) in [5.74, 6) is -0.991. The molecule has 0 aromatic heterocycles. The molecule has 0 spiro atoms. The Morgan fingerprint density at radius 2 is 2.10 bits per heavy atom. The van der Waals surface area contributed by atoms with Gasteiger partial charge < -0.3 is 19.3 Å². The Balaban J connectivity index is 2.41. The summed E-state index contributed by atoms with van der Waals surface area (Å²) in [7, 11) is 1.52. The molecule has 0 amide bonds. The Hall–Kier alpha value is -0.160. The first-order valence-corrected chi connectivity index (χ1v) is 3.18. The number of hydrogen-bond acceptors (Lipinski definition) is 4. The van der Waals surface area contributed by atoms with Gasteiger partial charge in [-0.15, -0.1) is 0 Å². The molecule has 0 aromatic carbocycles. The second kappa shape index (κ2) is 3.30. The van der Waals surface area contributed by atoms with E-state index in [9.17, 15) is 5.11 Å². The van der Waals surface area contributed by atoms with Gasteiger partial charge in [-0.05, 0) is 0 Å². The number of hydrogen-bond donors (Lipinski definition) is 0. The van der Waals surface area contributed by atoms with Crippen LogP contribution in [0.2, 0.25) is 0 Å². The van der Waals surface area contributed by atoms with Crippen molar-refractivity contribution in [3.05, 3.63) is 0 Å². The summed E-state index contributed by atoms with van der Waals surface area (Å²) in [6.45, 7) is 0.800. The van der Waals surface area contributed by atoms with Gasteiger partial charge in [0.25, 0.3) is 0 Å². The molecule has 0 unspecified atom stereocenters. The fraction of sp³-hybridized carbons (Fsp3) is 1.00. The molecular weight excluding hydrogens is 136 g/mol. The van der Waals surface area contributed by atoms with Crippen molar-refractivity contribution < 1.29 is 19.3 Å². The monoisotopic (exact) mass is 147 g/mol. The summed E-state index contributed by atoms with van der Waals surface area (Å²) >= 11 is 0. The van der Waals surface area contributed by atoms with Crippen molar-refractivity contribution in [2.24, 2.45) is 0 Å². The molecule has 1 heterocycles. The molecule has 0 N–H and O–H groups in total. The van der Waals surface area contributed by atoms with Gasteiger partial charge in [0.1, 0.15) is 0 Å². The van der Waals surface area contributed by atoms with Crippen LogP contribution in [0, 0.1) is 0 Å². The molecule has 1 fully saturated rings. The predicted molar refractivity (Wildman–Crippen MR) is 31.4 cm³/mol. The van der Waals surface area contributed by atoms with E-state index in [2.05, 4.69) is 0 Å². The Kier molecular flexibility index (Phi) is 2.62. The van der Waals surface area contributed by atoms with Crippen LogP contribution >= 0.6 is 0 Å². The van der Waals surface area contributed by atoms with Crippen LogP contribution in [-0.4, -0.2) is 39.3 Å². The molecule has 4 heteroatoms. The van der Waals surface area contributed by atoms with Gasteiger partial charge >= 0.3 is 0 Å². The highest BCUT2D eigenvalue weighted by Gasteiger charge is 2.31. The zero-order chi connectivity index (χ0) is 7.45. The van der Waals surface area contributed by atoms with Crippen LogP contribution in [0.4, 0.5) is 0 Å². The van der Waals surface area contributed by atoms with Crippen molar-refractivity contribution in [2.45, 2.75) is 5.79 Å². The first kappa shape index (κ1) is 7.94. The molecule has 1 saturated heterocycles.